The molecule has 0 unspecified atom stereocenters. The number of benzene rings is 2. The van der Waals surface area contributed by atoms with Crippen molar-refractivity contribution < 1.29 is 13.2 Å². The maximum absolute atomic E-state index is 12.3. The summed E-state index contributed by atoms with van der Waals surface area (Å²) in [6, 6.07) is 15.9. The van der Waals surface area contributed by atoms with E-state index in [1.807, 2.05) is 31.2 Å². The second-order valence-corrected chi connectivity index (χ2v) is 8.40. The zero-order valence-electron chi connectivity index (χ0n) is 15.1. The molecule has 0 aromatic heterocycles. The first kappa shape index (κ1) is 18.9. The van der Waals surface area contributed by atoms with Crippen LogP contribution in [0, 0.1) is 6.92 Å². The van der Waals surface area contributed by atoms with E-state index >= 15 is 0 Å². The number of aryl methyl sites for hydroxylation is 1. The van der Waals surface area contributed by atoms with Crippen LogP contribution in [0.3, 0.4) is 0 Å². The molecule has 0 atom stereocenters. The molecule has 0 spiro atoms. The van der Waals surface area contributed by atoms with Crippen LogP contribution in [0.1, 0.15) is 16.7 Å². The van der Waals surface area contributed by atoms with Crippen molar-refractivity contribution in [3.63, 3.8) is 0 Å². The summed E-state index contributed by atoms with van der Waals surface area (Å²) in [6.07, 6.45) is 0.677. The van der Waals surface area contributed by atoms with Crippen LogP contribution in [0.5, 0.6) is 0 Å². The summed E-state index contributed by atoms with van der Waals surface area (Å²) in [5, 5.41) is 0. The van der Waals surface area contributed by atoms with Crippen LogP contribution in [0.4, 0.5) is 5.69 Å². The number of hydrogen-bond donors (Lipinski definition) is 1. The Labute approximate surface area is 156 Å². The zero-order chi connectivity index (χ0) is 18.4. The number of hydrogen-bond acceptors (Lipinski definition) is 4. The van der Waals surface area contributed by atoms with E-state index in [9.17, 15) is 8.42 Å². The maximum atomic E-state index is 12.3. The Morgan fingerprint density at radius 2 is 1.73 bits per heavy atom. The summed E-state index contributed by atoms with van der Waals surface area (Å²) in [4.78, 5) is 2.30. The molecule has 1 heterocycles. The standard InChI is InChI=1S/C20H26N2O3S/c1-17-4-2-3-5-19(17)16-26(23,24)21-11-10-18-6-8-20(9-7-18)22-12-14-25-15-13-22/h2-9,21H,10-16H2,1H3. The van der Waals surface area contributed by atoms with E-state index in [2.05, 4.69) is 33.9 Å². The maximum Gasteiger partial charge on any atom is 0.215 e. The van der Waals surface area contributed by atoms with E-state index in [0.29, 0.717) is 13.0 Å². The van der Waals surface area contributed by atoms with Gasteiger partial charge in [-0.25, -0.2) is 13.1 Å². The van der Waals surface area contributed by atoms with Gasteiger partial charge in [-0.15, -0.1) is 0 Å². The highest BCUT2D eigenvalue weighted by Gasteiger charge is 2.13. The van der Waals surface area contributed by atoms with Gasteiger partial charge in [-0.2, -0.15) is 0 Å². The lowest BCUT2D eigenvalue weighted by atomic mass is 10.1. The topological polar surface area (TPSA) is 58.6 Å². The van der Waals surface area contributed by atoms with Crippen LogP contribution >= 0.6 is 0 Å². The van der Waals surface area contributed by atoms with Gasteiger partial charge in [0.15, 0.2) is 0 Å². The molecule has 140 valence electrons. The van der Waals surface area contributed by atoms with Crippen molar-refractivity contribution in [2.24, 2.45) is 0 Å². The minimum atomic E-state index is -3.32. The first-order chi connectivity index (χ1) is 12.5. The van der Waals surface area contributed by atoms with E-state index < -0.39 is 10.0 Å². The van der Waals surface area contributed by atoms with Gasteiger partial charge >= 0.3 is 0 Å². The zero-order valence-corrected chi connectivity index (χ0v) is 16.0. The van der Waals surface area contributed by atoms with Gasteiger partial charge in [0, 0.05) is 25.3 Å². The van der Waals surface area contributed by atoms with Gasteiger partial charge in [-0.1, -0.05) is 36.4 Å². The number of ether oxygens (including phenoxy) is 1. The molecular formula is C20H26N2O3S. The summed E-state index contributed by atoms with van der Waals surface area (Å²) in [6.45, 7) is 5.71. The number of morpholine rings is 1. The third kappa shape index (κ3) is 5.30. The Balaban J connectivity index is 1.50. The summed E-state index contributed by atoms with van der Waals surface area (Å²) in [7, 11) is -3.32. The molecule has 3 rings (SSSR count). The average molecular weight is 375 g/mol. The molecular weight excluding hydrogens is 348 g/mol. The molecule has 0 amide bonds. The highest BCUT2D eigenvalue weighted by atomic mass is 32.2. The van der Waals surface area contributed by atoms with Crippen LogP contribution in [-0.2, 0) is 26.9 Å². The molecule has 0 bridgehead atoms. The Morgan fingerprint density at radius 3 is 2.42 bits per heavy atom. The molecule has 1 saturated heterocycles. The third-order valence-corrected chi connectivity index (χ3v) is 5.99. The lowest BCUT2D eigenvalue weighted by Gasteiger charge is -2.28. The predicted octanol–water partition coefficient (Wildman–Crippen LogP) is 2.49. The van der Waals surface area contributed by atoms with Crippen molar-refractivity contribution in [3.8, 4) is 0 Å². The summed E-state index contributed by atoms with van der Waals surface area (Å²) in [5.74, 6) is 0.0235. The van der Waals surface area contributed by atoms with Gasteiger partial charge < -0.3 is 9.64 Å². The van der Waals surface area contributed by atoms with Gasteiger partial charge in [-0.3, -0.25) is 0 Å². The van der Waals surface area contributed by atoms with Crippen LogP contribution in [0.2, 0.25) is 0 Å². The average Bonchev–Trinajstić information content (AvgIpc) is 2.65. The van der Waals surface area contributed by atoms with Crippen molar-refractivity contribution in [1.82, 2.24) is 4.72 Å². The number of rotatable bonds is 7. The van der Waals surface area contributed by atoms with E-state index in [4.69, 9.17) is 4.74 Å². The van der Waals surface area contributed by atoms with Gasteiger partial charge in [-0.05, 0) is 42.2 Å². The third-order valence-electron chi connectivity index (χ3n) is 4.66. The van der Waals surface area contributed by atoms with Gasteiger partial charge in [0.05, 0.1) is 19.0 Å². The Kier molecular flexibility index (Phi) is 6.29. The number of nitrogens with zero attached hydrogens (tertiary/aromatic N) is 1. The van der Waals surface area contributed by atoms with Crippen LogP contribution < -0.4 is 9.62 Å². The first-order valence-corrected chi connectivity index (χ1v) is 10.6. The van der Waals surface area contributed by atoms with E-state index in [0.717, 1.165) is 43.0 Å². The van der Waals surface area contributed by atoms with E-state index in [-0.39, 0.29) is 5.75 Å². The molecule has 0 aliphatic carbocycles. The number of nitrogens with one attached hydrogen (secondary N) is 1. The second kappa shape index (κ2) is 8.66. The molecule has 6 heteroatoms. The molecule has 1 N–H and O–H groups in total. The predicted molar refractivity (Wildman–Crippen MR) is 105 cm³/mol. The first-order valence-electron chi connectivity index (χ1n) is 8.97. The van der Waals surface area contributed by atoms with Crippen molar-refractivity contribution in [2.45, 2.75) is 19.1 Å². The molecule has 1 aliphatic rings. The fourth-order valence-corrected chi connectivity index (χ4v) is 4.32. The molecule has 2 aromatic rings. The van der Waals surface area contributed by atoms with Crippen molar-refractivity contribution in [2.75, 3.05) is 37.7 Å². The van der Waals surface area contributed by atoms with Crippen LogP contribution in [0.25, 0.3) is 0 Å². The molecule has 26 heavy (non-hydrogen) atoms. The van der Waals surface area contributed by atoms with Gasteiger partial charge in [0.1, 0.15) is 0 Å². The Morgan fingerprint density at radius 1 is 1.04 bits per heavy atom. The fourth-order valence-electron chi connectivity index (χ4n) is 3.07. The SMILES string of the molecule is Cc1ccccc1CS(=O)(=O)NCCc1ccc(N2CCOCC2)cc1. The fraction of sp³-hybridized carbons (Fsp3) is 0.400. The summed E-state index contributed by atoms with van der Waals surface area (Å²) >= 11 is 0. The van der Waals surface area contributed by atoms with Crippen molar-refractivity contribution in [3.05, 3.63) is 65.2 Å². The van der Waals surface area contributed by atoms with Crippen molar-refractivity contribution >= 4 is 15.7 Å². The van der Waals surface area contributed by atoms with Crippen LogP contribution in [-0.4, -0.2) is 41.3 Å². The van der Waals surface area contributed by atoms with Crippen molar-refractivity contribution in [1.29, 1.82) is 0 Å². The minimum absolute atomic E-state index is 0.0235. The van der Waals surface area contributed by atoms with Gasteiger partial charge in [0.2, 0.25) is 10.0 Å². The van der Waals surface area contributed by atoms with Gasteiger partial charge in [0.25, 0.3) is 0 Å². The molecule has 0 radical (unpaired) electrons. The molecule has 5 nitrogen and oxygen atoms in total. The Hall–Kier alpha value is -1.89. The smallest absolute Gasteiger partial charge is 0.215 e. The lowest BCUT2D eigenvalue weighted by Crippen LogP contribution is -2.36. The van der Waals surface area contributed by atoms with Crippen LogP contribution in [0.15, 0.2) is 48.5 Å². The number of sulfonamides is 1. The van der Waals surface area contributed by atoms with E-state index in [1.165, 1.54) is 5.69 Å². The molecule has 2 aromatic carbocycles. The second-order valence-electron chi connectivity index (χ2n) is 6.60. The Bertz CT molecular complexity index is 813. The minimum Gasteiger partial charge on any atom is -0.378 e. The summed E-state index contributed by atoms with van der Waals surface area (Å²) in [5.41, 5.74) is 4.16. The monoisotopic (exact) mass is 374 g/mol. The normalized spacial score (nSPS) is 15.2. The lowest BCUT2D eigenvalue weighted by molar-refractivity contribution is 0.122. The molecule has 1 fully saturated rings. The highest BCUT2D eigenvalue weighted by molar-refractivity contribution is 7.88. The largest absolute Gasteiger partial charge is 0.378 e. The summed E-state index contributed by atoms with van der Waals surface area (Å²) < 4.78 is 32.6. The molecule has 0 saturated carbocycles. The van der Waals surface area contributed by atoms with E-state index in [1.54, 1.807) is 0 Å². The number of anilines is 1. The highest BCUT2D eigenvalue weighted by Crippen LogP contribution is 2.17. The quantitative estimate of drug-likeness (QED) is 0.809. The molecule has 1 aliphatic heterocycles.